The number of hydrogen-bond donors (Lipinski definition) is 1. The minimum atomic E-state index is -0.284. The summed E-state index contributed by atoms with van der Waals surface area (Å²) >= 11 is 0. The van der Waals surface area contributed by atoms with Crippen LogP contribution in [0, 0.1) is 6.92 Å². The molecule has 2 aliphatic heterocycles. The summed E-state index contributed by atoms with van der Waals surface area (Å²) in [5.74, 6) is 0.520. The summed E-state index contributed by atoms with van der Waals surface area (Å²) in [6.45, 7) is 2.54. The Hall–Kier alpha value is -2.63. The number of aryl methyl sites for hydroxylation is 3. The molecule has 1 aromatic carbocycles. The Kier molecular flexibility index (Phi) is 3.18. The number of nitrogens with one attached hydrogen (secondary N) is 1. The predicted octanol–water partition coefficient (Wildman–Crippen LogP) is 2.46. The monoisotopic (exact) mass is 311 g/mol. The number of hydrogen-bond acceptors (Lipinski definition) is 4. The molecule has 2 aromatic rings. The Balaban J connectivity index is 1.66. The zero-order valence-electron chi connectivity index (χ0n) is 12.9. The van der Waals surface area contributed by atoms with Crippen LogP contribution in [0.5, 0.6) is 0 Å². The van der Waals surface area contributed by atoms with E-state index >= 15 is 0 Å². The first-order chi connectivity index (χ1) is 11.1. The van der Waals surface area contributed by atoms with Gasteiger partial charge in [-0.2, -0.15) is 0 Å². The van der Waals surface area contributed by atoms with Crippen LogP contribution in [-0.4, -0.2) is 23.5 Å². The molecular formula is C17H17N3O3. The second-order valence-electron chi connectivity index (χ2n) is 6.07. The molecule has 0 spiro atoms. The van der Waals surface area contributed by atoms with Crippen molar-refractivity contribution in [2.45, 2.75) is 32.6 Å². The Labute approximate surface area is 133 Å². The third kappa shape index (κ3) is 2.40. The molecule has 0 fully saturated rings. The molecule has 0 aliphatic carbocycles. The second-order valence-corrected chi connectivity index (χ2v) is 6.07. The first-order valence-corrected chi connectivity index (χ1v) is 7.82. The summed E-state index contributed by atoms with van der Waals surface area (Å²) in [5, 5.41) is 6.62. The predicted molar refractivity (Wildman–Crippen MR) is 84.6 cm³/mol. The summed E-state index contributed by atoms with van der Waals surface area (Å²) in [7, 11) is 0. The van der Waals surface area contributed by atoms with Crippen molar-refractivity contribution in [1.29, 1.82) is 0 Å². The van der Waals surface area contributed by atoms with Gasteiger partial charge in [-0.25, -0.2) is 0 Å². The number of aromatic nitrogens is 1. The fraction of sp³-hybridized carbons (Fsp3) is 0.353. The van der Waals surface area contributed by atoms with Gasteiger partial charge < -0.3 is 14.7 Å². The second kappa shape index (κ2) is 5.22. The fourth-order valence-electron chi connectivity index (χ4n) is 3.39. The topological polar surface area (TPSA) is 75.4 Å². The van der Waals surface area contributed by atoms with Crippen LogP contribution in [0.25, 0.3) is 0 Å². The van der Waals surface area contributed by atoms with Gasteiger partial charge in [0, 0.05) is 24.7 Å². The molecule has 2 amide bonds. The average Bonchev–Trinajstić information content (AvgIpc) is 2.97. The van der Waals surface area contributed by atoms with Gasteiger partial charge in [-0.15, -0.1) is 0 Å². The third-order valence-electron chi connectivity index (χ3n) is 4.39. The maximum atomic E-state index is 12.2. The Morgan fingerprint density at radius 2 is 2.00 bits per heavy atom. The van der Waals surface area contributed by atoms with Crippen LogP contribution < -0.4 is 10.2 Å². The zero-order chi connectivity index (χ0) is 16.0. The van der Waals surface area contributed by atoms with Gasteiger partial charge in [0.25, 0.3) is 5.91 Å². The van der Waals surface area contributed by atoms with Gasteiger partial charge in [-0.3, -0.25) is 9.59 Å². The molecule has 6 nitrogen and oxygen atoms in total. The fourth-order valence-corrected chi connectivity index (χ4v) is 3.39. The van der Waals surface area contributed by atoms with E-state index in [2.05, 4.69) is 10.5 Å². The highest BCUT2D eigenvalue weighted by molar-refractivity contribution is 6.04. The minimum Gasteiger partial charge on any atom is -0.361 e. The SMILES string of the molecule is Cc1cc(C(=O)Nc2cc3c4c(c2)CCC(=O)N4CCC3)no1. The van der Waals surface area contributed by atoms with Gasteiger partial charge in [-0.1, -0.05) is 5.16 Å². The van der Waals surface area contributed by atoms with Crippen LogP contribution >= 0.6 is 0 Å². The maximum absolute atomic E-state index is 12.2. The number of anilines is 2. The largest absolute Gasteiger partial charge is 0.361 e. The van der Waals surface area contributed by atoms with Crippen LogP contribution in [0.2, 0.25) is 0 Å². The smallest absolute Gasteiger partial charge is 0.277 e. The lowest BCUT2D eigenvalue weighted by Gasteiger charge is -2.35. The molecule has 1 N–H and O–H groups in total. The molecule has 0 bridgehead atoms. The first kappa shape index (κ1) is 14.0. The molecule has 0 atom stereocenters. The molecule has 0 unspecified atom stereocenters. The Morgan fingerprint density at radius 1 is 1.22 bits per heavy atom. The summed E-state index contributed by atoms with van der Waals surface area (Å²) in [6, 6.07) is 5.54. The highest BCUT2D eigenvalue weighted by Gasteiger charge is 2.29. The molecule has 2 aliphatic rings. The van der Waals surface area contributed by atoms with Gasteiger partial charge in [0.05, 0.1) is 5.69 Å². The van der Waals surface area contributed by atoms with Gasteiger partial charge in [-0.05, 0) is 49.4 Å². The molecule has 3 heterocycles. The van der Waals surface area contributed by atoms with Crippen molar-refractivity contribution in [3.8, 4) is 0 Å². The minimum absolute atomic E-state index is 0.202. The van der Waals surface area contributed by atoms with E-state index in [9.17, 15) is 9.59 Å². The number of carbonyl (C=O) groups is 2. The standard InChI is InChI=1S/C17H17N3O3/c1-10-7-14(19-23-10)17(22)18-13-8-11-3-2-6-20-15(21)5-4-12(9-13)16(11)20/h7-9H,2-6H2,1H3,(H,18,22). The van der Waals surface area contributed by atoms with Crippen molar-refractivity contribution in [1.82, 2.24) is 5.16 Å². The molecule has 0 saturated heterocycles. The first-order valence-electron chi connectivity index (χ1n) is 7.82. The van der Waals surface area contributed by atoms with E-state index in [1.807, 2.05) is 17.0 Å². The number of carbonyl (C=O) groups excluding carboxylic acids is 2. The highest BCUT2D eigenvalue weighted by atomic mass is 16.5. The molecule has 1 aromatic heterocycles. The molecule has 4 rings (SSSR count). The van der Waals surface area contributed by atoms with Crippen molar-refractivity contribution in [3.05, 3.63) is 40.8 Å². The van der Waals surface area contributed by atoms with Crippen molar-refractivity contribution in [2.24, 2.45) is 0 Å². The number of benzene rings is 1. The Morgan fingerprint density at radius 3 is 2.74 bits per heavy atom. The van der Waals surface area contributed by atoms with E-state index in [4.69, 9.17) is 4.52 Å². The number of rotatable bonds is 2. The van der Waals surface area contributed by atoms with E-state index in [-0.39, 0.29) is 17.5 Å². The lowest BCUT2D eigenvalue weighted by molar-refractivity contribution is -0.119. The third-order valence-corrected chi connectivity index (χ3v) is 4.39. The van der Waals surface area contributed by atoms with Crippen LogP contribution in [-0.2, 0) is 17.6 Å². The molecule has 118 valence electrons. The van der Waals surface area contributed by atoms with Crippen LogP contribution in [0.3, 0.4) is 0 Å². The van der Waals surface area contributed by atoms with E-state index in [1.165, 1.54) is 0 Å². The van der Waals surface area contributed by atoms with E-state index in [1.54, 1.807) is 13.0 Å². The van der Waals surface area contributed by atoms with Gasteiger partial charge >= 0.3 is 0 Å². The number of amides is 2. The van der Waals surface area contributed by atoms with Crippen molar-refractivity contribution in [3.63, 3.8) is 0 Å². The van der Waals surface area contributed by atoms with Crippen LogP contribution in [0.1, 0.15) is 40.2 Å². The normalized spacial score (nSPS) is 16.2. The molecule has 0 radical (unpaired) electrons. The average molecular weight is 311 g/mol. The summed E-state index contributed by atoms with van der Waals surface area (Å²) in [5.41, 5.74) is 4.34. The van der Waals surface area contributed by atoms with E-state index < -0.39 is 0 Å². The Bertz CT molecular complexity index is 792. The molecular weight excluding hydrogens is 294 g/mol. The van der Waals surface area contributed by atoms with Crippen molar-refractivity contribution in [2.75, 3.05) is 16.8 Å². The van der Waals surface area contributed by atoms with Crippen LogP contribution in [0.15, 0.2) is 22.7 Å². The summed E-state index contributed by atoms with van der Waals surface area (Å²) in [6.07, 6.45) is 3.15. The summed E-state index contributed by atoms with van der Waals surface area (Å²) in [4.78, 5) is 26.2. The lowest BCUT2D eigenvalue weighted by atomic mass is 9.91. The van der Waals surface area contributed by atoms with Gasteiger partial charge in [0.15, 0.2) is 5.69 Å². The van der Waals surface area contributed by atoms with Crippen LogP contribution in [0.4, 0.5) is 11.4 Å². The van der Waals surface area contributed by atoms with Crippen molar-refractivity contribution >= 4 is 23.2 Å². The highest BCUT2D eigenvalue weighted by Crippen LogP contribution is 2.37. The zero-order valence-corrected chi connectivity index (χ0v) is 12.9. The summed E-state index contributed by atoms with van der Waals surface area (Å²) < 4.78 is 4.94. The van der Waals surface area contributed by atoms with E-state index in [0.29, 0.717) is 12.2 Å². The van der Waals surface area contributed by atoms with Gasteiger partial charge in [0.1, 0.15) is 5.76 Å². The lowest BCUT2D eigenvalue weighted by Crippen LogP contribution is -2.39. The van der Waals surface area contributed by atoms with Crippen molar-refractivity contribution < 1.29 is 14.1 Å². The molecule has 0 saturated carbocycles. The maximum Gasteiger partial charge on any atom is 0.277 e. The molecule has 6 heteroatoms. The molecule has 23 heavy (non-hydrogen) atoms. The van der Waals surface area contributed by atoms with Gasteiger partial charge in [0.2, 0.25) is 5.91 Å². The number of nitrogens with zero attached hydrogens (tertiary/aromatic N) is 2. The quantitative estimate of drug-likeness (QED) is 0.924. The van der Waals surface area contributed by atoms with E-state index in [0.717, 1.165) is 48.3 Å².